The van der Waals surface area contributed by atoms with Gasteiger partial charge >= 0.3 is 0 Å². The molecule has 1 aliphatic heterocycles. The number of rotatable bonds is 6. The first kappa shape index (κ1) is 19.9. The molecule has 2 aromatic rings. The number of H-pyrrole nitrogens is 1. The van der Waals surface area contributed by atoms with Crippen LogP contribution >= 0.6 is 0 Å². The van der Waals surface area contributed by atoms with E-state index in [1.54, 1.807) is 11.8 Å². The van der Waals surface area contributed by atoms with Crippen molar-refractivity contribution in [2.45, 2.75) is 45.6 Å². The van der Waals surface area contributed by atoms with Crippen LogP contribution in [0.15, 0.2) is 18.5 Å². The summed E-state index contributed by atoms with van der Waals surface area (Å²) in [5.41, 5.74) is 2.92. The Morgan fingerprint density at radius 2 is 2.25 bits per heavy atom. The number of carbonyl (C=O) groups excluding carboxylic acids is 2. The highest BCUT2D eigenvalue weighted by Crippen LogP contribution is 2.34. The summed E-state index contributed by atoms with van der Waals surface area (Å²) in [4.78, 5) is 35.5. The summed E-state index contributed by atoms with van der Waals surface area (Å²) in [6.45, 7) is 5.10. The van der Waals surface area contributed by atoms with E-state index in [0.717, 1.165) is 28.7 Å². The molecule has 2 atom stereocenters. The molecule has 0 saturated carbocycles. The molecule has 7 heteroatoms. The zero-order valence-corrected chi connectivity index (χ0v) is 16.7. The maximum absolute atomic E-state index is 12.3. The van der Waals surface area contributed by atoms with E-state index in [2.05, 4.69) is 28.8 Å². The number of likely N-dealkylation sites (N-methyl/N-ethyl adjacent to an activating group) is 1. The maximum atomic E-state index is 12.3. The van der Waals surface area contributed by atoms with Gasteiger partial charge in [-0.1, -0.05) is 6.92 Å². The van der Waals surface area contributed by atoms with Gasteiger partial charge < -0.3 is 19.6 Å². The molecule has 2 aromatic heterocycles. The van der Waals surface area contributed by atoms with E-state index in [1.165, 1.54) is 0 Å². The zero-order valence-electron chi connectivity index (χ0n) is 16.7. The number of amides is 1. The van der Waals surface area contributed by atoms with Gasteiger partial charge in [0.2, 0.25) is 5.91 Å². The molecule has 1 aliphatic rings. The van der Waals surface area contributed by atoms with E-state index < -0.39 is 0 Å². The van der Waals surface area contributed by atoms with Gasteiger partial charge in [0.1, 0.15) is 17.9 Å². The highest BCUT2D eigenvalue weighted by atomic mass is 16.2. The van der Waals surface area contributed by atoms with Crippen molar-refractivity contribution < 1.29 is 9.59 Å². The Hall–Kier alpha value is -2.88. The second kappa shape index (κ2) is 8.42. The van der Waals surface area contributed by atoms with Gasteiger partial charge in [-0.2, -0.15) is 5.26 Å². The van der Waals surface area contributed by atoms with Crippen molar-refractivity contribution in [3.05, 3.63) is 24.0 Å². The fraction of sp³-hybridized carbons (Fsp3) is 0.524. The largest absolute Gasteiger partial charge is 0.369 e. The van der Waals surface area contributed by atoms with Crippen LogP contribution in [0.4, 0.5) is 5.69 Å². The first-order chi connectivity index (χ1) is 13.4. The van der Waals surface area contributed by atoms with E-state index in [0.29, 0.717) is 31.8 Å². The summed E-state index contributed by atoms with van der Waals surface area (Å²) in [6.07, 6.45) is 5.66. The SMILES string of the molecule is CC(=O)CCc1cnc2[nH]ccc2c1N(C)[C@H]1CN(C(=O)CC#N)CC[C@H]1C. The lowest BCUT2D eigenvalue weighted by Crippen LogP contribution is -2.52. The Morgan fingerprint density at radius 1 is 1.46 bits per heavy atom. The number of likely N-dealkylation sites (tertiary alicyclic amines) is 1. The lowest BCUT2D eigenvalue weighted by molar-refractivity contribution is -0.131. The number of hydrogen-bond acceptors (Lipinski definition) is 5. The number of anilines is 1. The number of nitrogens with zero attached hydrogens (tertiary/aromatic N) is 4. The van der Waals surface area contributed by atoms with Crippen LogP contribution in [0.5, 0.6) is 0 Å². The standard InChI is InChI=1S/C21H27N5O2/c1-14-8-11-26(19(28)6-9-22)13-18(14)25(3)20-16(5-4-15(2)27)12-24-21-17(20)7-10-23-21/h7,10,12,14,18H,4-6,8,11,13H2,1-3H3,(H,23,24)/t14-,18+/m1/s1. The molecule has 3 heterocycles. The lowest BCUT2D eigenvalue weighted by atomic mass is 9.91. The molecule has 1 N–H and O–H groups in total. The Bertz CT molecular complexity index is 913. The van der Waals surface area contributed by atoms with Gasteiger partial charge in [0.05, 0.1) is 11.8 Å². The van der Waals surface area contributed by atoms with Crippen molar-refractivity contribution in [3.63, 3.8) is 0 Å². The topological polar surface area (TPSA) is 93.1 Å². The average Bonchev–Trinajstić information content (AvgIpc) is 3.14. The van der Waals surface area contributed by atoms with E-state index >= 15 is 0 Å². The molecule has 148 valence electrons. The van der Waals surface area contributed by atoms with Crippen LogP contribution in [0.25, 0.3) is 11.0 Å². The van der Waals surface area contributed by atoms with Gasteiger partial charge in [0, 0.05) is 50.4 Å². The predicted molar refractivity (Wildman–Crippen MR) is 108 cm³/mol. The minimum atomic E-state index is -0.105. The van der Waals surface area contributed by atoms with Crippen molar-refractivity contribution in [3.8, 4) is 6.07 Å². The number of ketones is 1. The normalized spacial score (nSPS) is 19.4. The fourth-order valence-electron chi connectivity index (χ4n) is 4.07. The van der Waals surface area contributed by atoms with Crippen LogP contribution in [0.3, 0.4) is 0 Å². The summed E-state index contributed by atoms with van der Waals surface area (Å²) < 4.78 is 0. The molecule has 1 fully saturated rings. The van der Waals surface area contributed by atoms with Crippen molar-refractivity contribution in [1.29, 1.82) is 5.26 Å². The maximum Gasteiger partial charge on any atom is 0.236 e. The average molecular weight is 381 g/mol. The predicted octanol–water partition coefficient (Wildman–Crippen LogP) is 2.67. The van der Waals surface area contributed by atoms with Gasteiger partial charge in [-0.15, -0.1) is 0 Å². The molecule has 0 bridgehead atoms. The molecule has 0 unspecified atom stereocenters. The van der Waals surface area contributed by atoms with Crippen molar-refractivity contribution in [1.82, 2.24) is 14.9 Å². The van der Waals surface area contributed by atoms with E-state index in [-0.39, 0.29) is 24.2 Å². The molecular weight excluding hydrogens is 354 g/mol. The van der Waals surface area contributed by atoms with Crippen molar-refractivity contribution >= 4 is 28.4 Å². The van der Waals surface area contributed by atoms with Crippen molar-refractivity contribution in [2.75, 3.05) is 25.0 Å². The number of aryl methyl sites for hydroxylation is 1. The summed E-state index contributed by atoms with van der Waals surface area (Å²) in [5, 5.41) is 9.89. The molecule has 0 aromatic carbocycles. The Labute approximate surface area is 165 Å². The number of carbonyl (C=O) groups is 2. The highest BCUT2D eigenvalue weighted by molar-refractivity contribution is 5.92. The fourth-order valence-corrected chi connectivity index (χ4v) is 4.07. The molecule has 0 aliphatic carbocycles. The third-order valence-corrected chi connectivity index (χ3v) is 5.73. The van der Waals surface area contributed by atoms with Crippen LogP contribution in [0, 0.1) is 17.2 Å². The van der Waals surface area contributed by atoms with Gasteiger partial charge in [-0.05, 0) is 37.3 Å². The summed E-state index contributed by atoms with van der Waals surface area (Å²) in [6, 6.07) is 4.10. The number of Topliss-reactive ketones (excluding diaryl/α,β-unsaturated/α-hetero) is 1. The third-order valence-electron chi connectivity index (χ3n) is 5.73. The molecule has 3 rings (SSSR count). The number of fused-ring (bicyclic) bond motifs is 1. The molecule has 1 saturated heterocycles. The summed E-state index contributed by atoms with van der Waals surface area (Å²) in [5.74, 6) is 0.451. The molecular formula is C21H27N5O2. The Balaban J connectivity index is 1.94. The third kappa shape index (κ3) is 4.01. The van der Waals surface area contributed by atoms with E-state index in [9.17, 15) is 9.59 Å². The smallest absolute Gasteiger partial charge is 0.236 e. The number of nitriles is 1. The molecule has 28 heavy (non-hydrogen) atoms. The second-order valence-electron chi connectivity index (χ2n) is 7.69. The highest BCUT2D eigenvalue weighted by Gasteiger charge is 2.33. The number of pyridine rings is 1. The zero-order chi connectivity index (χ0) is 20.3. The van der Waals surface area contributed by atoms with Crippen molar-refractivity contribution in [2.24, 2.45) is 5.92 Å². The molecule has 0 spiro atoms. The van der Waals surface area contributed by atoms with Crippen LogP contribution in [0.2, 0.25) is 0 Å². The van der Waals surface area contributed by atoms with E-state index in [1.807, 2.05) is 24.5 Å². The van der Waals surface area contributed by atoms with E-state index in [4.69, 9.17) is 5.26 Å². The molecule has 1 amide bonds. The van der Waals surface area contributed by atoms with Crippen LogP contribution < -0.4 is 4.90 Å². The summed E-state index contributed by atoms with van der Waals surface area (Å²) in [7, 11) is 2.05. The number of hydrogen-bond donors (Lipinski definition) is 1. The van der Waals surface area contributed by atoms with Gasteiger partial charge in [0.15, 0.2) is 0 Å². The van der Waals surface area contributed by atoms with Gasteiger partial charge in [-0.25, -0.2) is 4.98 Å². The van der Waals surface area contributed by atoms with Crippen LogP contribution in [0.1, 0.15) is 38.7 Å². The summed E-state index contributed by atoms with van der Waals surface area (Å²) >= 11 is 0. The molecule has 7 nitrogen and oxygen atoms in total. The molecule has 0 radical (unpaired) electrons. The number of aromatic amines is 1. The number of piperidine rings is 1. The van der Waals surface area contributed by atoms with Crippen LogP contribution in [-0.4, -0.2) is 52.7 Å². The lowest BCUT2D eigenvalue weighted by Gasteiger charge is -2.43. The minimum Gasteiger partial charge on any atom is -0.369 e. The number of aromatic nitrogens is 2. The quantitative estimate of drug-likeness (QED) is 0.830. The first-order valence-corrected chi connectivity index (χ1v) is 9.74. The Morgan fingerprint density at radius 3 is 2.96 bits per heavy atom. The minimum absolute atomic E-state index is 0.0774. The Kier molecular flexibility index (Phi) is 5.98. The number of nitrogens with one attached hydrogen (secondary N) is 1. The van der Waals surface area contributed by atoms with Gasteiger partial charge in [0.25, 0.3) is 0 Å². The van der Waals surface area contributed by atoms with Gasteiger partial charge in [-0.3, -0.25) is 4.79 Å². The second-order valence-corrected chi connectivity index (χ2v) is 7.69. The monoisotopic (exact) mass is 381 g/mol. The van der Waals surface area contributed by atoms with Crippen LogP contribution in [-0.2, 0) is 16.0 Å². The first-order valence-electron chi connectivity index (χ1n) is 9.74.